The Bertz CT molecular complexity index is 718. The van der Waals surface area contributed by atoms with Crippen LogP contribution in [-0.4, -0.2) is 19.2 Å². The molecule has 0 aromatic heterocycles. The number of halogens is 1. The van der Waals surface area contributed by atoms with Gasteiger partial charge in [-0.25, -0.2) is 4.79 Å². The maximum absolute atomic E-state index is 11.9. The van der Waals surface area contributed by atoms with Crippen molar-refractivity contribution in [1.82, 2.24) is 5.32 Å². The zero-order valence-corrected chi connectivity index (χ0v) is 14.2. The fourth-order valence-corrected chi connectivity index (χ4v) is 3.12. The molecular formula is C19H21ClN2O2. The first-order valence-corrected chi connectivity index (χ1v) is 8.65. The van der Waals surface area contributed by atoms with Crippen molar-refractivity contribution in [3.8, 4) is 5.75 Å². The van der Waals surface area contributed by atoms with Gasteiger partial charge in [0.25, 0.3) is 0 Å². The van der Waals surface area contributed by atoms with Crippen LogP contribution in [0, 0.1) is 0 Å². The minimum Gasteiger partial charge on any atom is -0.491 e. The number of benzene rings is 2. The van der Waals surface area contributed by atoms with Crippen LogP contribution in [0.4, 0.5) is 10.5 Å². The van der Waals surface area contributed by atoms with Gasteiger partial charge in [0.05, 0.1) is 17.3 Å². The molecule has 0 aliphatic heterocycles. The first-order chi connectivity index (χ1) is 11.7. The molecule has 0 saturated carbocycles. The van der Waals surface area contributed by atoms with E-state index in [-0.39, 0.29) is 6.03 Å². The molecule has 24 heavy (non-hydrogen) atoms. The highest BCUT2D eigenvalue weighted by Gasteiger charge is 2.13. The van der Waals surface area contributed by atoms with Gasteiger partial charge in [-0.15, -0.1) is 0 Å². The van der Waals surface area contributed by atoms with E-state index in [1.165, 1.54) is 24.0 Å². The molecular weight excluding hydrogens is 324 g/mol. The third-order valence-electron chi connectivity index (χ3n) is 4.12. The maximum atomic E-state index is 11.9. The number of hydrogen-bond donors (Lipinski definition) is 2. The maximum Gasteiger partial charge on any atom is 0.319 e. The Hall–Kier alpha value is -2.20. The number of rotatable bonds is 5. The van der Waals surface area contributed by atoms with E-state index in [1.54, 1.807) is 12.1 Å². The standard InChI is InChI=1S/C19H21ClN2O2/c20-16-9-3-4-10-17(16)22-19(23)21-12-13-24-18-11-5-7-14-6-1-2-8-15(14)18/h3-5,7,9-11H,1-2,6,8,12-13H2,(H2,21,22,23). The summed E-state index contributed by atoms with van der Waals surface area (Å²) in [6, 6.07) is 13.1. The van der Waals surface area contributed by atoms with E-state index in [1.807, 2.05) is 24.3 Å². The molecule has 2 aromatic carbocycles. The fraction of sp³-hybridized carbons (Fsp3) is 0.316. The van der Waals surface area contributed by atoms with Gasteiger partial charge in [0.2, 0.25) is 0 Å². The second-order valence-electron chi connectivity index (χ2n) is 5.81. The minimum absolute atomic E-state index is 0.290. The third kappa shape index (κ3) is 4.20. The largest absolute Gasteiger partial charge is 0.491 e. The lowest BCUT2D eigenvalue weighted by molar-refractivity contribution is 0.247. The molecule has 4 nitrogen and oxygen atoms in total. The predicted octanol–water partition coefficient (Wildman–Crippen LogP) is 4.42. The molecule has 2 N–H and O–H groups in total. The Kier molecular flexibility index (Phi) is 5.59. The zero-order chi connectivity index (χ0) is 16.8. The van der Waals surface area contributed by atoms with E-state index < -0.39 is 0 Å². The normalized spacial score (nSPS) is 13.0. The lowest BCUT2D eigenvalue weighted by Crippen LogP contribution is -2.32. The monoisotopic (exact) mass is 344 g/mol. The topological polar surface area (TPSA) is 50.4 Å². The van der Waals surface area contributed by atoms with E-state index in [9.17, 15) is 4.79 Å². The van der Waals surface area contributed by atoms with E-state index in [4.69, 9.17) is 16.3 Å². The molecule has 0 spiro atoms. The van der Waals surface area contributed by atoms with Crippen LogP contribution in [0.2, 0.25) is 5.02 Å². The quantitative estimate of drug-likeness (QED) is 0.789. The number of anilines is 1. The Morgan fingerprint density at radius 3 is 2.79 bits per heavy atom. The molecule has 0 fully saturated rings. The highest BCUT2D eigenvalue weighted by molar-refractivity contribution is 6.33. The van der Waals surface area contributed by atoms with Crippen molar-refractivity contribution in [3.05, 3.63) is 58.6 Å². The van der Waals surface area contributed by atoms with Crippen LogP contribution in [0.3, 0.4) is 0 Å². The number of nitrogens with one attached hydrogen (secondary N) is 2. The van der Waals surface area contributed by atoms with Crippen molar-refractivity contribution in [2.24, 2.45) is 0 Å². The average Bonchev–Trinajstić information content (AvgIpc) is 2.61. The van der Waals surface area contributed by atoms with Gasteiger partial charge < -0.3 is 15.4 Å². The van der Waals surface area contributed by atoms with Crippen molar-refractivity contribution in [2.75, 3.05) is 18.5 Å². The van der Waals surface area contributed by atoms with Crippen LogP contribution in [0.25, 0.3) is 0 Å². The molecule has 0 saturated heterocycles. The van der Waals surface area contributed by atoms with E-state index in [0.717, 1.165) is 18.6 Å². The van der Waals surface area contributed by atoms with Gasteiger partial charge in [0.15, 0.2) is 0 Å². The number of ether oxygens (including phenoxy) is 1. The molecule has 3 rings (SSSR count). The van der Waals surface area contributed by atoms with Crippen LogP contribution in [0.1, 0.15) is 24.0 Å². The molecule has 0 bridgehead atoms. The molecule has 0 radical (unpaired) electrons. The Morgan fingerprint density at radius 1 is 1.08 bits per heavy atom. The lowest BCUT2D eigenvalue weighted by Gasteiger charge is -2.19. The van der Waals surface area contributed by atoms with Crippen molar-refractivity contribution >= 4 is 23.3 Å². The van der Waals surface area contributed by atoms with E-state index >= 15 is 0 Å². The Morgan fingerprint density at radius 2 is 1.92 bits per heavy atom. The minimum atomic E-state index is -0.290. The summed E-state index contributed by atoms with van der Waals surface area (Å²) in [5, 5.41) is 6.01. The van der Waals surface area contributed by atoms with Gasteiger partial charge in [-0.05, 0) is 55.0 Å². The Balaban J connectivity index is 1.46. The van der Waals surface area contributed by atoms with Crippen molar-refractivity contribution < 1.29 is 9.53 Å². The highest BCUT2D eigenvalue weighted by atomic mass is 35.5. The van der Waals surface area contributed by atoms with Crippen molar-refractivity contribution in [2.45, 2.75) is 25.7 Å². The molecule has 5 heteroatoms. The predicted molar refractivity (Wildman–Crippen MR) is 97.1 cm³/mol. The van der Waals surface area contributed by atoms with Crippen LogP contribution in [-0.2, 0) is 12.8 Å². The van der Waals surface area contributed by atoms with Crippen molar-refractivity contribution in [1.29, 1.82) is 0 Å². The first kappa shape index (κ1) is 16.7. The van der Waals surface area contributed by atoms with Crippen LogP contribution in [0.5, 0.6) is 5.75 Å². The number of carbonyl (C=O) groups is 1. The summed E-state index contributed by atoms with van der Waals surface area (Å²) >= 11 is 6.01. The number of hydrogen-bond acceptors (Lipinski definition) is 2. The molecule has 2 aromatic rings. The summed E-state index contributed by atoms with van der Waals surface area (Å²) in [6.45, 7) is 0.867. The summed E-state index contributed by atoms with van der Waals surface area (Å²) in [4.78, 5) is 11.9. The molecule has 126 valence electrons. The number of carbonyl (C=O) groups excluding carboxylic acids is 1. The number of urea groups is 1. The Labute approximate surface area is 147 Å². The molecule has 1 aliphatic carbocycles. The third-order valence-corrected chi connectivity index (χ3v) is 4.45. The van der Waals surface area contributed by atoms with Gasteiger partial charge in [-0.3, -0.25) is 0 Å². The lowest BCUT2D eigenvalue weighted by atomic mass is 9.91. The van der Waals surface area contributed by atoms with Gasteiger partial charge >= 0.3 is 6.03 Å². The molecule has 0 heterocycles. The SMILES string of the molecule is O=C(NCCOc1cccc2c1CCCC2)Nc1ccccc1Cl. The van der Waals surface area contributed by atoms with Crippen LogP contribution < -0.4 is 15.4 Å². The number of aryl methyl sites for hydroxylation is 1. The molecule has 0 unspecified atom stereocenters. The summed E-state index contributed by atoms with van der Waals surface area (Å²) in [5.41, 5.74) is 3.31. The first-order valence-electron chi connectivity index (χ1n) is 8.27. The fourth-order valence-electron chi connectivity index (χ4n) is 2.94. The number of amides is 2. The number of fused-ring (bicyclic) bond motifs is 1. The smallest absolute Gasteiger partial charge is 0.319 e. The summed E-state index contributed by atoms with van der Waals surface area (Å²) in [7, 11) is 0. The summed E-state index contributed by atoms with van der Waals surface area (Å²) in [6.07, 6.45) is 4.67. The summed E-state index contributed by atoms with van der Waals surface area (Å²) in [5.74, 6) is 0.945. The number of para-hydroxylation sites is 1. The van der Waals surface area contributed by atoms with Crippen molar-refractivity contribution in [3.63, 3.8) is 0 Å². The van der Waals surface area contributed by atoms with E-state index in [2.05, 4.69) is 16.7 Å². The van der Waals surface area contributed by atoms with Gasteiger partial charge in [0, 0.05) is 0 Å². The summed E-state index contributed by atoms with van der Waals surface area (Å²) < 4.78 is 5.86. The zero-order valence-electron chi connectivity index (χ0n) is 13.5. The van der Waals surface area contributed by atoms with E-state index in [0.29, 0.717) is 23.9 Å². The van der Waals surface area contributed by atoms with Crippen LogP contribution in [0.15, 0.2) is 42.5 Å². The second-order valence-corrected chi connectivity index (χ2v) is 6.22. The van der Waals surface area contributed by atoms with Gasteiger partial charge in [0.1, 0.15) is 12.4 Å². The molecule has 2 amide bonds. The van der Waals surface area contributed by atoms with Gasteiger partial charge in [-0.1, -0.05) is 35.9 Å². The van der Waals surface area contributed by atoms with Gasteiger partial charge in [-0.2, -0.15) is 0 Å². The molecule has 0 atom stereocenters. The highest BCUT2D eigenvalue weighted by Crippen LogP contribution is 2.29. The molecule has 1 aliphatic rings. The second kappa shape index (κ2) is 8.06. The average molecular weight is 345 g/mol. The van der Waals surface area contributed by atoms with Crippen LogP contribution >= 0.6 is 11.6 Å².